The van der Waals surface area contributed by atoms with Crippen molar-refractivity contribution >= 4 is 21.7 Å². The number of hydrogen-bond donors (Lipinski definition) is 1. The number of benzene rings is 2. The maximum absolute atomic E-state index is 14.1. The van der Waals surface area contributed by atoms with E-state index in [9.17, 15) is 13.2 Å². The maximum atomic E-state index is 14.1. The van der Waals surface area contributed by atoms with Crippen LogP contribution in [-0.2, 0) is 10.0 Å². The highest BCUT2D eigenvalue weighted by Crippen LogP contribution is 2.62. The van der Waals surface area contributed by atoms with Crippen molar-refractivity contribution in [3.63, 3.8) is 0 Å². The smallest absolute Gasteiger partial charge is 0.263 e. The standard InChI is InChI=1S/C32H37N3O4S/c1-20(2)13-24-19-39-26-15-28(30-21(3)7-5-8-22(30)4)33-29(16-26)34-40(37,38)27-10-6-9-23(14-27)31(36)35(24)25-17-32(18-25)11-12-32/h5-10,14-16,20,24-25H,11-13,17-19H2,1-4H3,(H,33,34)/t24-/m1/s1. The molecule has 1 amide bonds. The van der Waals surface area contributed by atoms with Crippen LogP contribution in [0.5, 0.6) is 5.75 Å². The summed E-state index contributed by atoms with van der Waals surface area (Å²) in [5.74, 6) is 0.913. The largest absolute Gasteiger partial charge is 0.491 e. The van der Waals surface area contributed by atoms with Gasteiger partial charge < -0.3 is 9.64 Å². The number of nitrogens with zero attached hydrogens (tertiary/aromatic N) is 2. The number of fused-ring (bicyclic) bond motifs is 4. The number of amides is 1. The molecule has 7 nitrogen and oxygen atoms in total. The summed E-state index contributed by atoms with van der Waals surface area (Å²) in [5, 5.41) is 0. The Morgan fingerprint density at radius 3 is 2.42 bits per heavy atom. The summed E-state index contributed by atoms with van der Waals surface area (Å²) >= 11 is 0. The van der Waals surface area contributed by atoms with Crippen molar-refractivity contribution in [2.45, 2.75) is 76.8 Å². The van der Waals surface area contributed by atoms with Crippen molar-refractivity contribution in [1.29, 1.82) is 0 Å². The van der Waals surface area contributed by atoms with Crippen molar-refractivity contribution in [2.24, 2.45) is 11.3 Å². The average molecular weight is 560 g/mol. The molecule has 1 N–H and O–H groups in total. The van der Waals surface area contributed by atoms with Crippen LogP contribution in [0.4, 0.5) is 5.82 Å². The fourth-order valence-corrected chi connectivity index (χ4v) is 7.52. The van der Waals surface area contributed by atoms with Crippen LogP contribution in [0.2, 0.25) is 0 Å². The third-order valence-electron chi connectivity index (χ3n) is 8.67. The Morgan fingerprint density at radius 2 is 1.75 bits per heavy atom. The number of aromatic nitrogens is 1. The molecule has 2 aromatic carbocycles. The number of anilines is 1. The number of nitrogens with one attached hydrogen (secondary N) is 1. The molecule has 0 unspecified atom stereocenters. The average Bonchev–Trinajstić information content (AvgIpc) is 3.67. The van der Waals surface area contributed by atoms with Gasteiger partial charge in [-0.2, -0.15) is 0 Å². The molecule has 3 aliphatic rings. The SMILES string of the molecule is Cc1cccc(C)c1-c1cc2cc(n1)NS(=O)(=O)c1cccc(c1)C(=O)N(C1CC3(CC3)C1)[C@H](CC(C)C)CO2. The first-order valence-corrected chi connectivity index (χ1v) is 15.7. The molecule has 2 fully saturated rings. The molecule has 210 valence electrons. The van der Waals surface area contributed by atoms with Crippen LogP contribution < -0.4 is 9.46 Å². The molecule has 0 saturated heterocycles. The van der Waals surface area contributed by atoms with Gasteiger partial charge in [0.15, 0.2) is 0 Å². The summed E-state index contributed by atoms with van der Waals surface area (Å²) < 4.78 is 36.1. The Hall–Kier alpha value is -3.39. The van der Waals surface area contributed by atoms with Crippen molar-refractivity contribution in [3.8, 4) is 17.0 Å². The minimum Gasteiger partial charge on any atom is -0.491 e. The van der Waals surface area contributed by atoms with Gasteiger partial charge in [0.25, 0.3) is 15.9 Å². The molecule has 3 aromatic rings. The van der Waals surface area contributed by atoms with E-state index in [0.717, 1.165) is 36.0 Å². The lowest BCUT2D eigenvalue weighted by Gasteiger charge is -2.47. The number of hydrogen-bond acceptors (Lipinski definition) is 5. The van der Waals surface area contributed by atoms with Crippen molar-refractivity contribution in [2.75, 3.05) is 11.3 Å². The lowest BCUT2D eigenvalue weighted by molar-refractivity contribution is 0.00959. The van der Waals surface area contributed by atoms with Gasteiger partial charge in [0.1, 0.15) is 18.2 Å². The zero-order valence-corrected chi connectivity index (χ0v) is 24.4. The molecular weight excluding hydrogens is 522 g/mol. The van der Waals surface area contributed by atoms with Gasteiger partial charge in [0, 0.05) is 29.3 Å². The van der Waals surface area contributed by atoms with E-state index < -0.39 is 10.0 Å². The Morgan fingerprint density at radius 1 is 1.05 bits per heavy atom. The minimum absolute atomic E-state index is 0.0342. The van der Waals surface area contributed by atoms with Crippen molar-refractivity contribution < 1.29 is 17.9 Å². The summed E-state index contributed by atoms with van der Waals surface area (Å²) in [7, 11) is -4.01. The molecule has 2 aliphatic carbocycles. The third kappa shape index (κ3) is 5.09. The van der Waals surface area contributed by atoms with E-state index >= 15 is 0 Å². The minimum atomic E-state index is -4.01. The number of carbonyl (C=O) groups excluding carboxylic acids is 1. The van der Waals surface area contributed by atoms with Crippen LogP contribution in [0.1, 0.15) is 67.4 Å². The molecule has 40 heavy (non-hydrogen) atoms. The number of aryl methyl sites for hydroxylation is 2. The third-order valence-corrected chi connectivity index (χ3v) is 10.0. The van der Waals surface area contributed by atoms with Gasteiger partial charge in [-0.3, -0.25) is 9.52 Å². The Balaban J connectivity index is 1.48. The van der Waals surface area contributed by atoms with Gasteiger partial charge in [-0.05, 0) is 86.6 Å². The topological polar surface area (TPSA) is 88.6 Å². The molecule has 1 spiro atoms. The second kappa shape index (κ2) is 9.91. The molecule has 1 aliphatic heterocycles. The van der Waals surface area contributed by atoms with Gasteiger partial charge in [0.2, 0.25) is 0 Å². The normalized spacial score (nSPS) is 21.5. The first-order valence-electron chi connectivity index (χ1n) is 14.2. The zero-order chi connectivity index (χ0) is 28.2. The monoisotopic (exact) mass is 559 g/mol. The van der Waals surface area contributed by atoms with E-state index in [1.807, 2.05) is 43.0 Å². The molecule has 2 heterocycles. The Bertz CT molecular complexity index is 1550. The summed E-state index contributed by atoms with van der Waals surface area (Å²) in [4.78, 5) is 20.9. The van der Waals surface area contributed by atoms with Gasteiger partial charge in [-0.1, -0.05) is 38.1 Å². The Kier molecular flexibility index (Phi) is 6.64. The van der Waals surface area contributed by atoms with E-state index in [0.29, 0.717) is 34.9 Å². The van der Waals surface area contributed by atoms with Gasteiger partial charge >= 0.3 is 0 Å². The number of pyridine rings is 1. The van der Waals surface area contributed by atoms with Crippen LogP contribution in [0.25, 0.3) is 11.3 Å². The number of rotatable bonds is 4. The molecule has 8 heteroatoms. The molecule has 0 radical (unpaired) electrons. The highest BCUT2D eigenvalue weighted by atomic mass is 32.2. The van der Waals surface area contributed by atoms with Gasteiger partial charge in [-0.15, -0.1) is 0 Å². The molecule has 1 atom stereocenters. The molecule has 1 aromatic heterocycles. The van der Waals surface area contributed by atoms with E-state index in [1.54, 1.807) is 18.2 Å². The lowest BCUT2D eigenvalue weighted by Crippen LogP contribution is -2.55. The van der Waals surface area contributed by atoms with E-state index in [1.165, 1.54) is 25.0 Å². The zero-order valence-electron chi connectivity index (χ0n) is 23.6. The number of ether oxygens (including phenoxy) is 1. The van der Waals surface area contributed by atoms with E-state index in [2.05, 4.69) is 18.6 Å². The lowest BCUT2D eigenvalue weighted by atomic mass is 9.75. The van der Waals surface area contributed by atoms with Crippen LogP contribution in [0.3, 0.4) is 0 Å². The predicted octanol–water partition coefficient (Wildman–Crippen LogP) is 6.36. The van der Waals surface area contributed by atoms with E-state index in [-0.39, 0.29) is 28.7 Å². The van der Waals surface area contributed by atoms with Crippen LogP contribution >= 0.6 is 0 Å². The summed E-state index contributed by atoms with van der Waals surface area (Å²) in [5.41, 5.74) is 4.44. The number of carbonyl (C=O) groups is 1. The molecular formula is C32H37N3O4S. The quantitative estimate of drug-likeness (QED) is 0.402. The fraction of sp³-hybridized carbons (Fsp3) is 0.438. The number of sulfonamides is 1. The first-order chi connectivity index (χ1) is 19.0. The molecule has 2 saturated carbocycles. The Labute approximate surface area is 237 Å². The second-order valence-corrected chi connectivity index (χ2v) is 14.0. The highest BCUT2D eigenvalue weighted by molar-refractivity contribution is 7.92. The summed E-state index contributed by atoms with van der Waals surface area (Å²) in [6, 6.07) is 15.9. The van der Waals surface area contributed by atoms with Gasteiger partial charge in [0.05, 0.1) is 16.6 Å². The van der Waals surface area contributed by atoms with Crippen LogP contribution in [0, 0.1) is 25.2 Å². The van der Waals surface area contributed by atoms with Crippen LogP contribution in [0.15, 0.2) is 59.5 Å². The molecule has 4 bridgehead atoms. The first kappa shape index (κ1) is 26.8. The maximum Gasteiger partial charge on any atom is 0.263 e. The predicted molar refractivity (Wildman–Crippen MR) is 156 cm³/mol. The van der Waals surface area contributed by atoms with Crippen molar-refractivity contribution in [1.82, 2.24) is 9.88 Å². The summed E-state index contributed by atoms with van der Waals surface area (Å²) in [6.45, 7) is 8.67. The van der Waals surface area contributed by atoms with Crippen LogP contribution in [-0.4, -0.2) is 42.9 Å². The highest BCUT2D eigenvalue weighted by Gasteiger charge is 2.56. The van der Waals surface area contributed by atoms with Crippen molar-refractivity contribution in [3.05, 3.63) is 71.3 Å². The fourth-order valence-electron chi connectivity index (χ4n) is 6.48. The van der Waals surface area contributed by atoms with Gasteiger partial charge in [-0.25, -0.2) is 13.4 Å². The van der Waals surface area contributed by atoms with E-state index in [4.69, 9.17) is 9.72 Å². The second-order valence-electron chi connectivity index (χ2n) is 12.3. The summed E-state index contributed by atoms with van der Waals surface area (Å²) in [6.07, 6.45) is 5.26. The molecule has 6 rings (SSSR count).